The molecule has 0 aliphatic rings. The van der Waals surface area contributed by atoms with Gasteiger partial charge >= 0.3 is 0 Å². The molecule has 2 heterocycles. The summed E-state index contributed by atoms with van der Waals surface area (Å²) < 4.78 is 5.56. The Morgan fingerprint density at radius 2 is 1.86 bits per heavy atom. The minimum atomic E-state index is -0.429. The number of aliphatic hydroxyl groups excluding tert-OH is 1. The molecule has 10 heteroatoms. The molecule has 0 radical (unpaired) electrons. The van der Waals surface area contributed by atoms with E-state index >= 15 is 0 Å². The molecule has 0 spiro atoms. The quantitative estimate of drug-likeness (QED) is 0.277. The average molecular weight is 502 g/mol. The molecule has 4 N–H and O–H groups in total. The third-order valence-corrected chi connectivity index (χ3v) is 5.77. The summed E-state index contributed by atoms with van der Waals surface area (Å²) in [5.41, 5.74) is 3.22. The van der Waals surface area contributed by atoms with Gasteiger partial charge in [-0.3, -0.25) is 4.79 Å². The van der Waals surface area contributed by atoms with E-state index in [2.05, 4.69) is 36.1 Å². The van der Waals surface area contributed by atoms with E-state index in [1.165, 1.54) is 0 Å². The zero-order chi connectivity index (χ0) is 26.6. The molecule has 0 bridgehead atoms. The summed E-state index contributed by atoms with van der Waals surface area (Å²) in [5, 5.41) is 23.4. The molecule has 10 nitrogen and oxygen atoms in total. The number of hydrogen-bond donors (Lipinski definition) is 4. The van der Waals surface area contributed by atoms with E-state index in [-0.39, 0.29) is 23.8 Å². The molecular formula is C27H31N7O3. The van der Waals surface area contributed by atoms with Crippen LogP contribution in [0.1, 0.15) is 54.1 Å². The highest BCUT2D eigenvalue weighted by atomic mass is 16.5. The average Bonchev–Trinajstić information content (AvgIpc) is 3.38. The first-order chi connectivity index (χ1) is 17.7. The molecule has 0 aliphatic heterocycles. The van der Waals surface area contributed by atoms with Gasteiger partial charge in [0.2, 0.25) is 5.95 Å². The van der Waals surface area contributed by atoms with E-state index in [4.69, 9.17) is 4.52 Å². The third kappa shape index (κ3) is 5.92. The molecule has 1 amide bonds. The van der Waals surface area contributed by atoms with Gasteiger partial charge in [0.05, 0.1) is 12.6 Å². The van der Waals surface area contributed by atoms with Gasteiger partial charge in [0, 0.05) is 29.9 Å². The topological polar surface area (TPSA) is 138 Å². The number of aromatic nitrogens is 4. The molecule has 0 saturated heterocycles. The molecule has 4 rings (SSSR count). The molecule has 0 aliphatic carbocycles. The lowest BCUT2D eigenvalue weighted by molar-refractivity contribution is 0.0962. The van der Waals surface area contributed by atoms with Gasteiger partial charge in [0.1, 0.15) is 11.4 Å². The number of aliphatic hydroxyl groups is 1. The van der Waals surface area contributed by atoms with Gasteiger partial charge in [-0.15, -0.1) is 0 Å². The van der Waals surface area contributed by atoms with E-state index in [0.717, 1.165) is 16.8 Å². The van der Waals surface area contributed by atoms with Crippen LogP contribution < -0.4 is 16.0 Å². The predicted octanol–water partition coefficient (Wildman–Crippen LogP) is 4.38. The Morgan fingerprint density at radius 1 is 1.11 bits per heavy atom. The maximum absolute atomic E-state index is 12.0. The third-order valence-electron chi connectivity index (χ3n) is 5.77. The highest BCUT2D eigenvalue weighted by Crippen LogP contribution is 2.31. The van der Waals surface area contributed by atoms with E-state index < -0.39 is 6.04 Å². The minimum absolute atomic E-state index is 0.152. The van der Waals surface area contributed by atoms with Crippen LogP contribution in [0.25, 0.3) is 11.5 Å². The van der Waals surface area contributed by atoms with Crippen LogP contribution in [0.3, 0.4) is 0 Å². The smallest absolute Gasteiger partial charge is 0.263 e. The summed E-state index contributed by atoms with van der Waals surface area (Å²) in [6.07, 6.45) is 1.60. The van der Waals surface area contributed by atoms with Gasteiger partial charge in [0.25, 0.3) is 11.8 Å². The SMILES string of the molecule is CNC(=O)c1ccc(Nc2ncc(-c3nc(C(C)(C)C)no3)c(N[C@H](CO)c3ccccc3)n2)cc1C. The van der Waals surface area contributed by atoms with Crippen LogP contribution in [-0.4, -0.2) is 44.8 Å². The highest BCUT2D eigenvalue weighted by Gasteiger charge is 2.24. The maximum atomic E-state index is 12.0. The highest BCUT2D eigenvalue weighted by molar-refractivity contribution is 5.95. The van der Waals surface area contributed by atoms with Crippen molar-refractivity contribution < 1.29 is 14.4 Å². The van der Waals surface area contributed by atoms with Crippen molar-refractivity contribution in [3.63, 3.8) is 0 Å². The normalized spacial score (nSPS) is 12.2. The number of benzene rings is 2. The van der Waals surface area contributed by atoms with Crippen molar-refractivity contribution in [2.24, 2.45) is 0 Å². The van der Waals surface area contributed by atoms with Gasteiger partial charge in [-0.1, -0.05) is 56.3 Å². The first-order valence-electron chi connectivity index (χ1n) is 11.9. The number of carbonyl (C=O) groups excluding carboxylic acids is 1. The van der Waals surface area contributed by atoms with Crippen LogP contribution in [0.5, 0.6) is 0 Å². The van der Waals surface area contributed by atoms with E-state index in [9.17, 15) is 9.90 Å². The summed E-state index contributed by atoms with van der Waals surface area (Å²) in [5.74, 6) is 1.42. The first kappa shape index (κ1) is 25.8. The second kappa shape index (κ2) is 10.8. The second-order valence-electron chi connectivity index (χ2n) is 9.65. The summed E-state index contributed by atoms with van der Waals surface area (Å²) in [4.78, 5) is 25.7. The van der Waals surface area contributed by atoms with Crippen molar-refractivity contribution in [1.82, 2.24) is 25.4 Å². The van der Waals surface area contributed by atoms with Crippen LogP contribution in [0, 0.1) is 6.92 Å². The summed E-state index contributed by atoms with van der Waals surface area (Å²) in [6.45, 7) is 7.70. The summed E-state index contributed by atoms with van der Waals surface area (Å²) in [7, 11) is 1.60. The van der Waals surface area contributed by atoms with Crippen molar-refractivity contribution in [3.05, 3.63) is 77.2 Å². The number of nitrogens with one attached hydrogen (secondary N) is 3. The number of rotatable bonds is 8. The van der Waals surface area contributed by atoms with E-state index in [0.29, 0.717) is 28.7 Å². The summed E-state index contributed by atoms with van der Waals surface area (Å²) >= 11 is 0. The number of nitrogens with zero attached hydrogens (tertiary/aromatic N) is 4. The van der Waals surface area contributed by atoms with Crippen molar-refractivity contribution in [1.29, 1.82) is 0 Å². The Kier molecular flexibility index (Phi) is 7.49. The van der Waals surface area contributed by atoms with Crippen molar-refractivity contribution >= 4 is 23.4 Å². The van der Waals surface area contributed by atoms with Crippen molar-refractivity contribution in [2.45, 2.75) is 39.2 Å². The maximum Gasteiger partial charge on any atom is 0.263 e. The molecule has 0 unspecified atom stereocenters. The molecule has 2 aromatic heterocycles. The van der Waals surface area contributed by atoms with Gasteiger partial charge in [-0.25, -0.2) is 4.98 Å². The standard InChI is InChI=1S/C27H31N7O3/c1-16-13-18(11-12-19(16)23(36)28-5)30-26-29-14-20(24-33-25(34-37-24)27(2,3)4)22(32-26)31-21(15-35)17-9-7-6-8-10-17/h6-14,21,35H,15H2,1-5H3,(H,28,36)(H2,29,30,31,32)/t21-/m1/s1. The van der Waals surface area contributed by atoms with Gasteiger partial charge < -0.3 is 25.6 Å². The Labute approximate surface area is 215 Å². The fourth-order valence-electron chi connectivity index (χ4n) is 3.69. The molecule has 192 valence electrons. The molecule has 37 heavy (non-hydrogen) atoms. The lowest BCUT2D eigenvalue weighted by Gasteiger charge is -2.19. The first-order valence-corrected chi connectivity index (χ1v) is 11.9. The Balaban J connectivity index is 1.70. The zero-order valence-corrected chi connectivity index (χ0v) is 21.5. The number of anilines is 3. The Bertz CT molecular complexity index is 1380. The molecule has 4 aromatic rings. The minimum Gasteiger partial charge on any atom is -0.394 e. The van der Waals surface area contributed by atoms with Crippen LogP contribution in [-0.2, 0) is 5.41 Å². The van der Waals surface area contributed by atoms with Crippen molar-refractivity contribution in [3.8, 4) is 11.5 Å². The zero-order valence-electron chi connectivity index (χ0n) is 21.5. The summed E-state index contributed by atoms with van der Waals surface area (Å²) in [6, 6.07) is 14.5. The van der Waals surface area contributed by atoms with Gasteiger partial charge in [-0.2, -0.15) is 9.97 Å². The second-order valence-corrected chi connectivity index (χ2v) is 9.65. The Morgan fingerprint density at radius 3 is 2.49 bits per heavy atom. The Hall–Kier alpha value is -4.31. The van der Waals surface area contributed by atoms with Gasteiger partial charge in [-0.05, 0) is 36.2 Å². The number of amides is 1. The predicted molar refractivity (Wildman–Crippen MR) is 142 cm³/mol. The largest absolute Gasteiger partial charge is 0.394 e. The molecule has 1 atom stereocenters. The van der Waals surface area contributed by atoms with Crippen molar-refractivity contribution in [2.75, 3.05) is 24.3 Å². The van der Waals surface area contributed by atoms with Crippen LogP contribution in [0.4, 0.5) is 17.5 Å². The lowest BCUT2D eigenvalue weighted by atomic mass is 9.96. The van der Waals surface area contributed by atoms with Crippen LogP contribution in [0.15, 0.2) is 59.3 Å². The lowest BCUT2D eigenvalue weighted by Crippen LogP contribution is -2.19. The number of aryl methyl sites for hydroxylation is 1. The van der Waals surface area contributed by atoms with Crippen LogP contribution in [0.2, 0.25) is 0 Å². The monoisotopic (exact) mass is 501 g/mol. The number of carbonyl (C=O) groups is 1. The molecular weight excluding hydrogens is 470 g/mol. The molecule has 0 fully saturated rings. The van der Waals surface area contributed by atoms with Gasteiger partial charge in [0.15, 0.2) is 5.82 Å². The molecule has 0 saturated carbocycles. The fourth-order valence-corrected chi connectivity index (χ4v) is 3.69. The van der Waals surface area contributed by atoms with Crippen LogP contribution >= 0.6 is 0 Å². The van der Waals surface area contributed by atoms with E-state index in [1.54, 1.807) is 25.4 Å². The van der Waals surface area contributed by atoms with E-state index in [1.807, 2.05) is 64.1 Å². The number of hydrogen-bond acceptors (Lipinski definition) is 9. The molecule has 2 aromatic carbocycles. The fraction of sp³-hybridized carbons (Fsp3) is 0.296.